The Morgan fingerprint density at radius 1 is 0.895 bits per heavy atom. The summed E-state index contributed by atoms with van der Waals surface area (Å²) in [6.45, 7) is 6.51. The van der Waals surface area contributed by atoms with E-state index < -0.39 is 28.5 Å². The van der Waals surface area contributed by atoms with Crippen LogP contribution in [0.4, 0.5) is 5.69 Å². The van der Waals surface area contributed by atoms with E-state index >= 15 is 0 Å². The Hall–Kier alpha value is -3.07. The number of amides is 2. The first-order chi connectivity index (χ1) is 17.9. The topological polar surface area (TPSA) is 86.8 Å². The first kappa shape index (κ1) is 29.5. The van der Waals surface area contributed by atoms with Crippen LogP contribution in [-0.4, -0.2) is 43.8 Å². The molecular formula is C28H31Cl2N3O4S. The lowest BCUT2D eigenvalue weighted by Gasteiger charge is -2.32. The first-order valence-electron chi connectivity index (χ1n) is 12.1. The van der Waals surface area contributed by atoms with Crippen molar-refractivity contribution in [2.75, 3.05) is 10.8 Å². The maximum absolute atomic E-state index is 13.9. The van der Waals surface area contributed by atoms with E-state index in [1.807, 2.05) is 13.8 Å². The molecule has 0 aliphatic rings. The quantitative estimate of drug-likeness (QED) is 0.348. The zero-order valence-corrected chi connectivity index (χ0v) is 24.0. The van der Waals surface area contributed by atoms with Gasteiger partial charge in [-0.15, -0.1) is 0 Å². The van der Waals surface area contributed by atoms with Crippen molar-refractivity contribution >= 4 is 50.7 Å². The van der Waals surface area contributed by atoms with Crippen molar-refractivity contribution in [1.82, 2.24) is 10.2 Å². The van der Waals surface area contributed by atoms with Crippen LogP contribution in [0.25, 0.3) is 0 Å². The zero-order valence-electron chi connectivity index (χ0n) is 21.7. The number of nitrogens with zero attached hydrogens (tertiary/aromatic N) is 2. The van der Waals surface area contributed by atoms with Gasteiger partial charge in [0.25, 0.3) is 10.0 Å². The van der Waals surface area contributed by atoms with Gasteiger partial charge >= 0.3 is 0 Å². The fourth-order valence-electron chi connectivity index (χ4n) is 3.90. The van der Waals surface area contributed by atoms with Gasteiger partial charge in [0.1, 0.15) is 12.6 Å². The molecule has 1 unspecified atom stereocenters. The Labute approximate surface area is 234 Å². The number of anilines is 1. The Morgan fingerprint density at radius 3 is 2.18 bits per heavy atom. The van der Waals surface area contributed by atoms with Crippen molar-refractivity contribution in [3.63, 3.8) is 0 Å². The highest BCUT2D eigenvalue weighted by Crippen LogP contribution is 2.30. The van der Waals surface area contributed by atoms with Crippen LogP contribution in [0.5, 0.6) is 0 Å². The van der Waals surface area contributed by atoms with Crippen LogP contribution in [0.2, 0.25) is 10.0 Å². The third-order valence-corrected chi connectivity index (χ3v) is 8.13. The lowest BCUT2D eigenvalue weighted by atomic mass is 10.1. The molecule has 0 aromatic heterocycles. The monoisotopic (exact) mass is 575 g/mol. The van der Waals surface area contributed by atoms with E-state index in [0.29, 0.717) is 21.2 Å². The molecule has 0 bridgehead atoms. The summed E-state index contributed by atoms with van der Waals surface area (Å²) in [7, 11) is -4.16. The maximum atomic E-state index is 13.9. The molecule has 0 aliphatic heterocycles. The van der Waals surface area contributed by atoms with Crippen molar-refractivity contribution < 1.29 is 18.0 Å². The van der Waals surface area contributed by atoms with Crippen LogP contribution >= 0.6 is 23.2 Å². The summed E-state index contributed by atoms with van der Waals surface area (Å²) in [6.07, 6.45) is 0. The van der Waals surface area contributed by atoms with Gasteiger partial charge in [-0.2, -0.15) is 0 Å². The Morgan fingerprint density at radius 2 is 1.55 bits per heavy atom. The summed E-state index contributed by atoms with van der Waals surface area (Å²) in [6, 6.07) is 18.7. The number of carbonyl (C=O) groups is 2. The summed E-state index contributed by atoms with van der Waals surface area (Å²) < 4.78 is 28.7. The van der Waals surface area contributed by atoms with E-state index in [0.717, 1.165) is 4.31 Å². The summed E-state index contributed by atoms with van der Waals surface area (Å²) in [5.41, 5.74) is 1.59. The number of sulfonamides is 1. The molecule has 0 aliphatic carbocycles. The molecule has 0 heterocycles. The van der Waals surface area contributed by atoms with E-state index in [1.54, 1.807) is 68.4 Å². The molecule has 3 aromatic rings. The molecule has 2 amide bonds. The van der Waals surface area contributed by atoms with Gasteiger partial charge in [0.05, 0.1) is 10.6 Å². The number of rotatable bonds is 10. The van der Waals surface area contributed by atoms with Gasteiger partial charge in [0, 0.05) is 22.6 Å². The minimum absolute atomic E-state index is 0.0270. The van der Waals surface area contributed by atoms with Gasteiger partial charge in [-0.25, -0.2) is 8.42 Å². The van der Waals surface area contributed by atoms with Gasteiger partial charge in [-0.3, -0.25) is 13.9 Å². The minimum Gasteiger partial charge on any atom is -0.352 e. The van der Waals surface area contributed by atoms with Crippen LogP contribution in [-0.2, 0) is 26.2 Å². The Kier molecular flexibility index (Phi) is 9.82. The number of hydrogen-bond donors (Lipinski definition) is 1. The van der Waals surface area contributed by atoms with Crippen molar-refractivity contribution in [2.24, 2.45) is 0 Å². The van der Waals surface area contributed by atoms with Gasteiger partial charge in [0.15, 0.2) is 0 Å². The molecule has 1 N–H and O–H groups in total. The van der Waals surface area contributed by atoms with Crippen molar-refractivity contribution in [1.29, 1.82) is 0 Å². The van der Waals surface area contributed by atoms with Gasteiger partial charge in [0.2, 0.25) is 11.8 Å². The SMILES string of the molecule is Cc1ccc(Cl)cc1N(CC(=O)N(Cc1cccc(Cl)c1)C(C)C(=O)NC(C)C)S(=O)(=O)c1ccccc1. The van der Waals surface area contributed by atoms with E-state index in [4.69, 9.17) is 23.2 Å². The number of halogens is 2. The standard InChI is InChI=1S/C28H31Cl2N3O4S/c1-19(2)31-28(35)21(4)32(17-22-9-8-10-23(29)15-22)27(34)18-33(26-16-24(30)14-13-20(26)3)38(36,37)25-11-6-5-7-12-25/h5-16,19,21H,17-18H2,1-4H3,(H,31,35). The van der Waals surface area contributed by atoms with Crippen LogP contribution in [0.1, 0.15) is 31.9 Å². The molecule has 0 saturated carbocycles. The number of aryl methyl sites for hydroxylation is 1. The second-order valence-electron chi connectivity index (χ2n) is 9.25. The van der Waals surface area contributed by atoms with Crippen molar-refractivity contribution in [2.45, 2.75) is 51.2 Å². The summed E-state index contributed by atoms with van der Waals surface area (Å²) in [5.74, 6) is -0.915. The smallest absolute Gasteiger partial charge is 0.264 e. The lowest BCUT2D eigenvalue weighted by Crippen LogP contribution is -2.52. The molecule has 10 heteroatoms. The molecule has 0 spiro atoms. The van der Waals surface area contributed by atoms with Crippen LogP contribution in [0.15, 0.2) is 77.7 Å². The van der Waals surface area contributed by atoms with Crippen LogP contribution in [0, 0.1) is 6.92 Å². The maximum Gasteiger partial charge on any atom is 0.264 e. The molecule has 3 rings (SSSR count). The van der Waals surface area contributed by atoms with Gasteiger partial charge in [-0.05, 0) is 75.2 Å². The predicted molar refractivity (Wildman–Crippen MR) is 152 cm³/mol. The highest BCUT2D eigenvalue weighted by atomic mass is 35.5. The zero-order chi connectivity index (χ0) is 28.0. The normalized spacial score (nSPS) is 12.2. The molecule has 0 saturated heterocycles. The average Bonchev–Trinajstić information content (AvgIpc) is 2.87. The summed E-state index contributed by atoms with van der Waals surface area (Å²) in [5, 5.41) is 3.63. The Balaban J connectivity index is 2.07. The average molecular weight is 577 g/mol. The van der Waals surface area contributed by atoms with Gasteiger partial charge in [-0.1, -0.05) is 59.6 Å². The van der Waals surface area contributed by atoms with Crippen molar-refractivity contribution in [3.8, 4) is 0 Å². The predicted octanol–water partition coefficient (Wildman–Crippen LogP) is 5.44. The minimum atomic E-state index is -4.16. The summed E-state index contributed by atoms with van der Waals surface area (Å²) in [4.78, 5) is 28.2. The molecule has 3 aromatic carbocycles. The fourth-order valence-corrected chi connectivity index (χ4v) is 5.77. The molecule has 1 atom stereocenters. The van der Waals surface area contributed by atoms with E-state index in [9.17, 15) is 18.0 Å². The highest BCUT2D eigenvalue weighted by molar-refractivity contribution is 7.92. The molecule has 0 radical (unpaired) electrons. The highest BCUT2D eigenvalue weighted by Gasteiger charge is 2.33. The second kappa shape index (κ2) is 12.7. The van der Waals surface area contributed by atoms with Crippen LogP contribution in [0.3, 0.4) is 0 Å². The largest absolute Gasteiger partial charge is 0.352 e. The fraction of sp³-hybridized carbons (Fsp3) is 0.286. The number of benzene rings is 3. The third-order valence-electron chi connectivity index (χ3n) is 5.89. The second-order valence-corrected chi connectivity index (χ2v) is 12.0. The van der Waals surface area contributed by atoms with E-state index in [-0.39, 0.29) is 29.1 Å². The number of nitrogens with one attached hydrogen (secondary N) is 1. The lowest BCUT2D eigenvalue weighted by molar-refractivity contribution is -0.139. The number of carbonyl (C=O) groups excluding carboxylic acids is 2. The Bertz CT molecular complexity index is 1400. The first-order valence-corrected chi connectivity index (χ1v) is 14.3. The summed E-state index contributed by atoms with van der Waals surface area (Å²) >= 11 is 12.4. The molecule has 202 valence electrons. The van der Waals surface area contributed by atoms with Crippen molar-refractivity contribution in [3.05, 3.63) is 94.0 Å². The molecule has 0 fully saturated rings. The van der Waals surface area contributed by atoms with E-state index in [2.05, 4.69) is 5.32 Å². The molecule has 7 nitrogen and oxygen atoms in total. The third kappa shape index (κ3) is 7.28. The van der Waals surface area contributed by atoms with Gasteiger partial charge < -0.3 is 10.2 Å². The van der Waals surface area contributed by atoms with E-state index in [1.165, 1.54) is 23.1 Å². The molecule has 38 heavy (non-hydrogen) atoms. The van der Waals surface area contributed by atoms with Crippen LogP contribution < -0.4 is 9.62 Å². The molecular weight excluding hydrogens is 545 g/mol. The number of hydrogen-bond acceptors (Lipinski definition) is 4.